The molecule has 20 nitrogen and oxygen atoms in total. The lowest BCUT2D eigenvalue weighted by Crippen LogP contribution is -2.55. The Balaban J connectivity index is 0.000000108. The second-order valence-corrected chi connectivity index (χ2v) is 52.5. The van der Waals surface area contributed by atoms with E-state index in [1.54, 1.807) is 9.59 Å². The minimum Gasteiger partial charge on any atom is -0.390 e. The summed E-state index contributed by atoms with van der Waals surface area (Å²) in [6.07, 6.45) is 40.9. The molecule has 0 aliphatic heterocycles. The number of benzene rings is 4. The lowest BCUT2D eigenvalue weighted by Gasteiger charge is -2.61. The van der Waals surface area contributed by atoms with Crippen molar-refractivity contribution in [2.75, 3.05) is 0 Å². The lowest BCUT2D eigenvalue weighted by atomic mass is 9.44. The number of ketones is 4. The van der Waals surface area contributed by atoms with Gasteiger partial charge in [0.25, 0.3) is 0 Å². The molecule has 4 heterocycles. The quantitative estimate of drug-likeness (QED) is 0.0885. The van der Waals surface area contributed by atoms with E-state index >= 15 is 0 Å². The van der Waals surface area contributed by atoms with Crippen LogP contribution in [0.4, 0.5) is 0 Å². The molecule has 136 heavy (non-hydrogen) atoms. The first-order valence-corrected chi connectivity index (χ1v) is 54.8. The smallest absolute Gasteiger partial charge is 0.162 e. The van der Waals surface area contributed by atoms with Crippen LogP contribution in [0.3, 0.4) is 0 Å². The van der Waals surface area contributed by atoms with Gasteiger partial charge in [-0.25, -0.2) is 9.36 Å². The van der Waals surface area contributed by atoms with Gasteiger partial charge >= 0.3 is 0 Å². The molecule has 0 bridgehead atoms. The predicted molar refractivity (Wildman–Crippen MR) is 532 cm³/mol. The van der Waals surface area contributed by atoms with Gasteiger partial charge in [0.05, 0.1) is 33.4 Å². The van der Waals surface area contributed by atoms with Crippen molar-refractivity contribution in [3.63, 3.8) is 0 Å². The summed E-state index contributed by atoms with van der Waals surface area (Å²) in [6.45, 7) is 36.1. The summed E-state index contributed by atoms with van der Waals surface area (Å²) in [6, 6.07) is 30.4. The van der Waals surface area contributed by atoms with Crippen LogP contribution in [0.15, 0.2) is 97.1 Å². The molecule has 4 N–H and O–H groups in total. The number of carbonyl (C=O) groups is 4. The Kier molecular flexibility index (Phi) is 24.1. The first-order chi connectivity index (χ1) is 64.5. The van der Waals surface area contributed by atoms with Crippen LogP contribution >= 0.6 is 0 Å². The summed E-state index contributed by atoms with van der Waals surface area (Å²) in [7, 11) is 0. The van der Waals surface area contributed by atoms with Crippen molar-refractivity contribution in [1.29, 1.82) is 0 Å². The predicted octanol–water partition coefficient (Wildman–Crippen LogP) is 23.9. The van der Waals surface area contributed by atoms with Crippen molar-refractivity contribution in [3.8, 4) is 0 Å². The molecule has 0 amide bonds. The van der Waals surface area contributed by atoms with Crippen molar-refractivity contribution in [2.45, 2.75) is 389 Å². The normalized spacial score (nSPS) is 44.8. The van der Waals surface area contributed by atoms with Crippen molar-refractivity contribution in [2.24, 2.45) is 162 Å². The summed E-state index contributed by atoms with van der Waals surface area (Å²) in [5.41, 5.74) is 6.97. The van der Waals surface area contributed by atoms with Crippen LogP contribution in [0.5, 0.6) is 0 Å². The standard InChI is InChI=1S/4C29H41N3O2/c2*1-18(32-25-8-6-5-7-24(25)30-31-32)26(33)23-12-11-21-20-10-9-19-17-27(2,34)15-16-28(19,3)22(20)13-14-29(21,23)4;2*1-18(32-30-24-7-5-6-8-25(24)31-32)26(33)23-12-11-21-20-10-9-19-17-27(2,34)15-16-28(19,3)22(20)13-14-29(21,23)4/h4*5-8,18-23,34H,9-17H2,1-4H3/t18-,19+,20+,21+,22+,23-,27-,28+,29+;18-,19-,20-,21-,22-,23+,27+,28-,29-;18-,19+,20+,21+,22+,23-,27-,28+,29+;18-,19-,20-,21-,22-,23+,27+,28-,29-/m1010/s1. The highest BCUT2D eigenvalue weighted by Crippen LogP contribution is 2.74. The molecule has 16 aliphatic rings. The topological polar surface area (TPSA) is 272 Å². The number of hydrogen-bond acceptors (Lipinski definition) is 16. The average Bonchev–Trinajstić information content (AvgIpc) is 1.46. The van der Waals surface area contributed by atoms with Gasteiger partial charge in [-0.05, 0) is 473 Å². The molecule has 0 saturated heterocycles. The molecule has 16 fully saturated rings. The molecule has 16 aliphatic carbocycles. The molecule has 24 rings (SSSR count). The Labute approximate surface area is 809 Å². The molecule has 4 aromatic carbocycles. The van der Waals surface area contributed by atoms with Crippen molar-refractivity contribution in [3.05, 3.63) is 97.1 Å². The number of carbonyl (C=O) groups excluding carboxylic acids is 4. The van der Waals surface area contributed by atoms with E-state index in [0.717, 1.165) is 207 Å². The maximum Gasteiger partial charge on any atom is 0.162 e. The first-order valence-electron chi connectivity index (χ1n) is 54.8. The molecular formula is C116H164N12O8. The minimum absolute atomic E-state index is 0.0996. The van der Waals surface area contributed by atoms with Crippen LogP contribution in [0.2, 0.25) is 0 Å². The molecule has 0 radical (unpaired) electrons. The Morgan fingerprint density at radius 1 is 0.265 bits per heavy atom. The summed E-state index contributed by atoms with van der Waals surface area (Å²) >= 11 is 0. The van der Waals surface area contributed by atoms with Crippen LogP contribution in [0.25, 0.3) is 44.1 Å². The Hall–Kier alpha value is -7.00. The third kappa shape index (κ3) is 15.6. The first kappa shape index (κ1) is 95.2. The SMILES string of the molecule is C[C@@H](C(=O)[C@H]1CC[C@H]2[C@@H]3CC[C@H]4C[C@](C)(O)CC[C@]4(C)[C@H]3CC[C@]12C)n1nc2ccccc2n1.C[C@@H](C(=O)[C@H]1CC[C@H]2[C@@H]3CC[C@H]4C[C@](C)(O)CC[C@]4(C)[C@H]3CC[C@]12C)n1nnc2ccccc21.C[C@H](C(=O)[C@H]1CC[C@H]2[C@@H]3CC[C@H]4C[C@](C)(O)CC[C@]4(C)[C@H]3CC[C@]12C)n1nc2ccccc2n1.C[C@H](C(=O)[C@H]1CC[C@H]2[C@@H]3CC[C@H]4C[C@](C)(O)CC[C@]4(C)[C@H]3CC[C@]12C)n1nnc2ccccc21. The Morgan fingerprint density at radius 2 is 0.485 bits per heavy atom. The fraction of sp³-hybridized carbons (Fsp3) is 0.759. The van der Waals surface area contributed by atoms with E-state index in [4.69, 9.17) is 0 Å². The highest BCUT2D eigenvalue weighted by Gasteiger charge is 2.68. The fourth-order valence-corrected chi connectivity index (χ4v) is 37.7. The molecule has 736 valence electrons. The molecule has 4 aromatic heterocycles. The molecule has 0 spiro atoms. The van der Waals surface area contributed by atoms with E-state index in [1.165, 1.54) is 116 Å². The minimum atomic E-state index is -0.480. The molecule has 0 unspecified atom stereocenters. The second kappa shape index (κ2) is 34.4. The van der Waals surface area contributed by atoms with Crippen LogP contribution < -0.4 is 0 Å². The number of aromatic nitrogens is 12. The van der Waals surface area contributed by atoms with Gasteiger partial charge in [0.15, 0.2) is 23.1 Å². The van der Waals surface area contributed by atoms with Crippen molar-refractivity contribution in [1.82, 2.24) is 60.0 Å². The summed E-state index contributed by atoms with van der Waals surface area (Å²) in [5.74, 6) is 13.0. The van der Waals surface area contributed by atoms with Crippen molar-refractivity contribution < 1.29 is 39.6 Å². The number of fused-ring (bicyclic) bond motifs is 24. The van der Waals surface area contributed by atoms with Crippen LogP contribution in [-0.2, 0) is 19.2 Å². The van der Waals surface area contributed by atoms with Gasteiger partial charge in [-0.2, -0.15) is 30.0 Å². The molecule has 16 saturated carbocycles. The van der Waals surface area contributed by atoms with Gasteiger partial charge in [-0.15, -0.1) is 10.2 Å². The zero-order valence-corrected chi connectivity index (χ0v) is 85.3. The van der Waals surface area contributed by atoms with E-state index in [2.05, 4.69) is 96.4 Å². The molecule has 36 atom stereocenters. The fourth-order valence-electron chi connectivity index (χ4n) is 37.7. The molecular weight excluding hydrogens is 1690 g/mol. The highest BCUT2D eigenvalue weighted by atomic mass is 16.3. The highest BCUT2D eigenvalue weighted by molar-refractivity contribution is 5.90. The maximum absolute atomic E-state index is 14.0. The number of nitrogens with zero attached hydrogens (tertiary/aromatic N) is 12. The largest absolute Gasteiger partial charge is 0.390 e. The van der Waals surface area contributed by atoms with Crippen LogP contribution in [-0.4, -0.2) is 126 Å². The monoisotopic (exact) mass is 1850 g/mol. The lowest BCUT2D eigenvalue weighted by molar-refractivity contribution is -0.152. The number of hydrogen-bond donors (Lipinski definition) is 4. The van der Waals surface area contributed by atoms with Crippen LogP contribution in [0, 0.1) is 162 Å². The maximum atomic E-state index is 14.0. The third-order valence-corrected chi connectivity index (χ3v) is 45.6. The Bertz CT molecular complexity index is 5390. The average molecular weight is 1850 g/mol. The van der Waals surface area contributed by atoms with E-state index < -0.39 is 22.4 Å². The Morgan fingerprint density at radius 3 is 0.735 bits per heavy atom. The number of aliphatic hydroxyl groups is 4. The third-order valence-electron chi connectivity index (χ3n) is 45.6. The van der Waals surface area contributed by atoms with E-state index in [9.17, 15) is 39.6 Å². The van der Waals surface area contributed by atoms with Gasteiger partial charge in [-0.1, -0.05) is 114 Å². The second-order valence-electron chi connectivity index (χ2n) is 52.5. The van der Waals surface area contributed by atoms with E-state index in [1.807, 2.05) is 162 Å². The van der Waals surface area contributed by atoms with E-state index in [0.29, 0.717) is 92.1 Å². The summed E-state index contributed by atoms with van der Waals surface area (Å²) in [5, 5.41) is 78.9. The number of Topliss-reactive ketones (excluding diaryl/α,β-unsaturated/α-hetero) is 4. The van der Waals surface area contributed by atoms with Gasteiger partial charge in [0, 0.05) is 23.7 Å². The van der Waals surface area contributed by atoms with Crippen LogP contribution in [0.1, 0.15) is 366 Å². The van der Waals surface area contributed by atoms with Gasteiger partial charge in [0.2, 0.25) is 0 Å². The van der Waals surface area contributed by atoms with Gasteiger partial charge in [0.1, 0.15) is 57.3 Å². The zero-order valence-electron chi connectivity index (χ0n) is 85.3. The zero-order chi connectivity index (χ0) is 95.5. The van der Waals surface area contributed by atoms with E-state index in [-0.39, 0.29) is 69.5 Å². The van der Waals surface area contributed by atoms with Crippen molar-refractivity contribution >= 4 is 67.3 Å². The molecule has 20 heteroatoms. The summed E-state index contributed by atoms with van der Waals surface area (Å²) in [4.78, 5) is 59.0. The number of para-hydroxylation sites is 2. The summed E-state index contributed by atoms with van der Waals surface area (Å²) < 4.78 is 3.69. The van der Waals surface area contributed by atoms with Gasteiger partial charge in [-0.3, -0.25) is 19.2 Å². The molecule has 8 aromatic rings. The number of rotatable bonds is 12. The van der Waals surface area contributed by atoms with Gasteiger partial charge < -0.3 is 20.4 Å².